The Balaban J connectivity index is 1.76. The fourth-order valence-corrected chi connectivity index (χ4v) is 3.54. The second kappa shape index (κ2) is 7.12. The van der Waals surface area contributed by atoms with Crippen molar-refractivity contribution in [2.45, 2.75) is 6.18 Å². The van der Waals surface area contributed by atoms with E-state index in [2.05, 4.69) is 10.1 Å². The molecule has 0 bridgehead atoms. The van der Waals surface area contributed by atoms with Gasteiger partial charge < -0.3 is 4.42 Å². The molecule has 8 heteroatoms. The lowest BCUT2D eigenvalue weighted by atomic mass is 10.1. The van der Waals surface area contributed by atoms with E-state index in [-0.39, 0.29) is 0 Å². The highest BCUT2D eigenvalue weighted by Gasteiger charge is 2.30. The minimum Gasteiger partial charge on any atom is -0.454 e. The number of benzene rings is 2. The van der Waals surface area contributed by atoms with Crippen molar-refractivity contribution in [3.05, 3.63) is 75.9 Å². The number of rotatable bonds is 3. The number of hydrogen-bond donors (Lipinski definition) is 0. The molecule has 0 saturated carbocycles. The molecule has 4 nitrogen and oxygen atoms in total. The first-order chi connectivity index (χ1) is 13.5. The van der Waals surface area contributed by atoms with Crippen molar-refractivity contribution in [2.75, 3.05) is 7.05 Å². The van der Waals surface area contributed by atoms with E-state index in [4.69, 9.17) is 4.42 Å². The van der Waals surface area contributed by atoms with Gasteiger partial charge in [-0.15, -0.1) is 11.3 Å². The van der Waals surface area contributed by atoms with E-state index in [0.717, 1.165) is 23.1 Å². The van der Waals surface area contributed by atoms with Gasteiger partial charge in [-0.05, 0) is 29.8 Å². The zero-order chi connectivity index (χ0) is 19.7. The zero-order valence-electron chi connectivity index (χ0n) is 14.6. The summed E-state index contributed by atoms with van der Waals surface area (Å²) in [4.78, 5) is 4.78. The van der Waals surface area contributed by atoms with Crippen LogP contribution in [0.1, 0.15) is 11.1 Å². The topological polar surface area (TPSA) is 42.8 Å². The highest BCUT2D eigenvalue weighted by atomic mass is 32.1. The van der Waals surface area contributed by atoms with E-state index in [1.807, 2.05) is 35.7 Å². The van der Waals surface area contributed by atoms with Gasteiger partial charge in [0.05, 0.1) is 11.8 Å². The highest BCUT2D eigenvalue weighted by Crippen LogP contribution is 2.30. The van der Waals surface area contributed by atoms with Crippen molar-refractivity contribution in [2.24, 2.45) is 10.1 Å². The molecule has 142 valence electrons. The van der Waals surface area contributed by atoms with E-state index < -0.39 is 11.7 Å². The van der Waals surface area contributed by atoms with Crippen molar-refractivity contribution in [1.82, 2.24) is 4.68 Å². The van der Waals surface area contributed by atoms with Crippen LogP contribution in [0.5, 0.6) is 0 Å². The maximum Gasteiger partial charge on any atom is 0.416 e. The van der Waals surface area contributed by atoms with Gasteiger partial charge >= 0.3 is 6.18 Å². The first-order valence-corrected chi connectivity index (χ1v) is 9.17. The van der Waals surface area contributed by atoms with Gasteiger partial charge in [-0.2, -0.15) is 18.3 Å². The maximum atomic E-state index is 12.9. The number of thiazole rings is 1. The monoisotopic (exact) mass is 401 g/mol. The first-order valence-electron chi connectivity index (χ1n) is 8.29. The Morgan fingerprint density at radius 1 is 1.07 bits per heavy atom. The summed E-state index contributed by atoms with van der Waals surface area (Å²) in [7, 11) is 1.63. The molecule has 0 aliphatic heterocycles. The van der Waals surface area contributed by atoms with Crippen LogP contribution in [0.25, 0.3) is 22.4 Å². The average Bonchev–Trinajstić information content (AvgIpc) is 3.29. The van der Waals surface area contributed by atoms with Crippen LogP contribution >= 0.6 is 11.3 Å². The normalized spacial score (nSPS) is 13.1. The molecule has 0 spiro atoms. The molecule has 0 aliphatic carbocycles. The molecule has 2 aromatic carbocycles. The highest BCUT2D eigenvalue weighted by molar-refractivity contribution is 7.07. The van der Waals surface area contributed by atoms with Crippen molar-refractivity contribution in [1.29, 1.82) is 0 Å². The van der Waals surface area contributed by atoms with E-state index in [1.165, 1.54) is 23.6 Å². The molecule has 0 amide bonds. The number of furan rings is 1. The summed E-state index contributed by atoms with van der Waals surface area (Å²) < 4.78 is 46.2. The Bertz CT molecular complexity index is 1200. The van der Waals surface area contributed by atoms with Gasteiger partial charge in [0.2, 0.25) is 4.80 Å². The lowest BCUT2D eigenvalue weighted by molar-refractivity contribution is -0.137. The summed E-state index contributed by atoms with van der Waals surface area (Å²) in [6.07, 6.45) is -3.02. The van der Waals surface area contributed by atoms with Crippen LogP contribution in [0, 0.1) is 0 Å². The van der Waals surface area contributed by atoms with Crippen LogP contribution in [-0.2, 0) is 6.18 Å². The molecule has 0 N–H and O–H groups in total. The molecule has 0 radical (unpaired) electrons. The summed E-state index contributed by atoms with van der Waals surface area (Å²) >= 11 is 1.37. The molecule has 0 unspecified atom stereocenters. The molecular formula is C20H14F3N3OS. The third-order valence-corrected chi connectivity index (χ3v) is 5.00. The minimum absolute atomic E-state index is 0.339. The SMILES string of the molecule is CN=c1scc(-c2cc3ccccc3o2)n1N=Cc1cccc(C(F)(F)F)c1. The zero-order valence-corrected chi connectivity index (χ0v) is 15.5. The summed E-state index contributed by atoms with van der Waals surface area (Å²) in [6, 6.07) is 14.5. The van der Waals surface area contributed by atoms with Gasteiger partial charge in [-0.3, -0.25) is 4.99 Å². The Hall–Kier alpha value is -3.13. The number of halogens is 3. The number of hydrogen-bond acceptors (Lipinski definition) is 4. The average molecular weight is 401 g/mol. The molecular weight excluding hydrogens is 387 g/mol. The molecule has 0 atom stereocenters. The number of alkyl halides is 3. The van der Waals surface area contributed by atoms with Crippen molar-refractivity contribution in [3.8, 4) is 11.5 Å². The molecule has 28 heavy (non-hydrogen) atoms. The second-order valence-electron chi connectivity index (χ2n) is 5.96. The number of fused-ring (bicyclic) bond motifs is 1. The van der Waals surface area contributed by atoms with Gasteiger partial charge in [0.25, 0.3) is 0 Å². The molecule has 2 aromatic heterocycles. The predicted octanol–water partition coefficient (Wildman–Crippen LogP) is 5.39. The molecule has 0 aliphatic rings. The summed E-state index contributed by atoms with van der Waals surface area (Å²) in [5, 5.41) is 7.16. The Morgan fingerprint density at radius 3 is 2.64 bits per heavy atom. The largest absolute Gasteiger partial charge is 0.454 e. The van der Waals surface area contributed by atoms with Gasteiger partial charge in [-0.25, -0.2) is 4.68 Å². The quantitative estimate of drug-likeness (QED) is 0.424. The van der Waals surface area contributed by atoms with Crippen molar-refractivity contribution < 1.29 is 17.6 Å². The van der Waals surface area contributed by atoms with Gasteiger partial charge in [-0.1, -0.05) is 30.3 Å². The van der Waals surface area contributed by atoms with Crippen LogP contribution in [0.3, 0.4) is 0 Å². The van der Waals surface area contributed by atoms with Crippen LogP contribution in [0.4, 0.5) is 13.2 Å². The standard InChI is InChI=1S/C20H14F3N3OS/c1-24-19-26(25-11-13-5-4-7-15(9-13)20(21,22)23)16(12-28-19)18-10-14-6-2-3-8-17(14)27-18/h2-12H,1H3. The summed E-state index contributed by atoms with van der Waals surface area (Å²) in [5.41, 5.74) is 1.04. The molecule has 0 saturated heterocycles. The third kappa shape index (κ3) is 3.50. The minimum atomic E-state index is -4.40. The van der Waals surface area contributed by atoms with E-state index in [9.17, 15) is 13.2 Å². The second-order valence-corrected chi connectivity index (χ2v) is 6.79. The molecule has 0 fully saturated rings. The lowest BCUT2D eigenvalue weighted by Crippen LogP contribution is -2.11. The summed E-state index contributed by atoms with van der Waals surface area (Å²) in [5.74, 6) is 0.605. The van der Waals surface area contributed by atoms with Gasteiger partial charge in [0, 0.05) is 17.8 Å². The third-order valence-electron chi connectivity index (χ3n) is 4.09. The molecule has 4 rings (SSSR count). The fourth-order valence-electron chi connectivity index (χ4n) is 2.76. The number of para-hydroxylation sites is 1. The first kappa shape index (κ1) is 18.2. The van der Waals surface area contributed by atoms with Crippen LogP contribution in [0.15, 0.2) is 74.5 Å². The maximum absolute atomic E-state index is 12.9. The van der Waals surface area contributed by atoms with E-state index in [0.29, 0.717) is 21.8 Å². The van der Waals surface area contributed by atoms with Crippen LogP contribution < -0.4 is 4.80 Å². The van der Waals surface area contributed by atoms with Gasteiger partial charge in [0.15, 0.2) is 5.76 Å². The van der Waals surface area contributed by atoms with Crippen molar-refractivity contribution in [3.63, 3.8) is 0 Å². The summed E-state index contributed by atoms with van der Waals surface area (Å²) in [6.45, 7) is 0. The lowest BCUT2D eigenvalue weighted by Gasteiger charge is -2.06. The van der Waals surface area contributed by atoms with E-state index in [1.54, 1.807) is 17.8 Å². The Labute approximate surface area is 161 Å². The predicted molar refractivity (Wildman–Crippen MR) is 103 cm³/mol. The van der Waals surface area contributed by atoms with Crippen LogP contribution in [0.2, 0.25) is 0 Å². The number of aromatic nitrogens is 1. The number of nitrogens with zero attached hydrogens (tertiary/aromatic N) is 3. The van der Waals surface area contributed by atoms with Crippen LogP contribution in [-0.4, -0.2) is 17.9 Å². The fraction of sp³-hybridized carbons (Fsp3) is 0.100. The van der Waals surface area contributed by atoms with Crippen molar-refractivity contribution >= 4 is 28.5 Å². The van der Waals surface area contributed by atoms with Gasteiger partial charge in [0.1, 0.15) is 11.3 Å². The smallest absolute Gasteiger partial charge is 0.416 e. The molecule has 4 aromatic rings. The molecule has 2 heterocycles. The Morgan fingerprint density at radius 2 is 1.89 bits per heavy atom. The Kier molecular flexibility index (Phi) is 4.64. The van der Waals surface area contributed by atoms with E-state index >= 15 is 0 Å².